The lowest BCUT2D eigenvalue weighted by atomic mass is 10.0. The van der Waals surface area contributed by atoms with Crippen molar-refractivity contribution in [2.24, 2.45) is 0 Å². The molecule has 0 atom stereocenters. The van der Waals surface area contributed by atoms with Gasteiger partial charge in [-0.2, -0.15) is 0 Å². The molecule has 0 radical (unpaired) electrons. The molecule has 140 valence electrons. The van der Waals surface area contributed by atoms with Crippen molar-refractivity contribution in [3.05, 3.63) is 54.6 Å². The zero-order valence-corrected chi connectivity index (χ0v) is 15.5. The Balaban J connectivity index is 1.52. The van der Waals surface area contributed by atoms with Crippen molar-refractivity contribution in [2.45, 2.75) is 6.92 Å². The standard InChI is InChI=1S/C21H19N5O2/c1-14-24-25-21(28-14)17-4-2-3-15(11-17)16-5-6-18-19(12-16)23-20(13-22-18)26-7-9-27-10-8-26/h2-6,11-13H,7-10H2,1H3. The molecular weight excluding hydrogens is 354 g/mol. The molecule has 1 saturated heterocycles. The predicted octanol–water partition coefficient (Wildman–Crippen LogP) is 3.49. The number of anilines is 1. The molecule has 0 aliphatic carbocycles. The molecule has 5 rings (SSSR count). The Labute approximate surface area is 162 Å². The van der Waals surface area contributed by atoms with E-state index >= 15 is 0 Å². The molecule has 1 aliphatic heterocycles. The lowest BCUT2D eigenvalue weighted by Gasteiger charge is -2.27. The van der Waals surface area contributed by atoms with Crippen LogP contribution in [0.1, 0.15) is 5.89 Å². The maximum atomic E-state index is 5.55. The van der Waals surface area contributed by atoms with Crippen LogP contribution in [0, 0.1) is 6.92 Å². The number of hydrogen-bond donors (Lipinski definition) is 0. The second-order valence-electron chi connectivity index (χ2n) is 6.74. The molecule has 2 aromatic heterocycles. The Morgan fingerprint density at radius 2 is 1.71 bits per heavy atom. The van der Waals surface area contributed by atoms with E-state index in [1.54, 1.807) is 6.92 Å². The molecule has 7 nitrogen and oxygen atoms in total. The fourth-order valence-electron chi connectivity index (χ4n) is 3.37. The third-order valence-corrected chi connectivity index (χ3v) is 4.83. The molecule has 7 heteroatoms. The Kier molecular flexibility index (Phi) is 4.21. The number of nitrogens with zero attached hydrogens (tertiary/aromatic N) is 5. The van der Waals surface area contributed by atoms with Crippen molar-refractivity contribution in [3.63, 3.8) is 0 Å². The van der Waals surface area contributed by atoms with E-state index < -0.39 is 0 Å². The van der Waals surface area contributed by atoms with Crippen molar-refractivity contribution in [1.82, 2.24) is 20.2 Å². The maximum absolute atomic E-state index is 5.55. The van der Waals surface area contributed by atoms with Gasteiger partial charge in [0, 0.05) is 25.6 Å². The lowest BCUT2D eigenvalue weighted by Crippen LogP contribution is -2.36. The molecule has 1 aliphatic rings. The van der Waals surface area contributed by atoms with Gasteiger partial charge in [-0.1, -0.05) is 18.2 Å². The van der Waals surface area contributed by atoms with Crippen molar-refractivity contribution in [3.8, 4) is 22.6 Å². The number of fused-ring (bicyclic) bond motifs is 1. The minimum absolute atomic E-state index is 0.523. The van der Waals surface area contributed by atoms with E-state index in [-0.39, 0.29) is 0 Å². The van der Waals surface area contributed by atoms with Crippen LogP contribution in [0.3, 0.4) is 0 Å². The number of ether oxygens (including phenoxy) is 1. The molecule has 0 saturated carbocycles. The second-order valence-corrected chi connectivity index (χ2v) is 6.74. The number of aromatic nitrogens is 4. The minimum atomic E-state index is 0.523. The van der Waals surface area contributed by atoms with Crippen LogP contribution < -0.4 is 4.90 Å². The van der Waals surface area contributed by atoms with Crippen LogP contribution in [-0.2, 0) is 4.74 Å². The van der Waals surface area contributed by atoms with Crippen molar-refractivity contribution in [1.29, 1.82) is 0 Å². The van der Waals surface area contributed by atoms with Crippen LogP contribution >= 0.6 is 0 Å². The third-order valence-electron chi connectivity index (χ3n) is 4.83. The first-order valence-electron chi connectivity index (χ1n) is 9.27. The number of morpholine rings is 1. The van der Waals surface area contributed by atoms with Gasteiger partial charge in [0.2, 0.25) is 11.8 Å². The molecule has 0 N–H and O–H groups in total. The van der Waals surface area contributed by atoms with Gasteiger partial charge in [-0.3, -0.25) is 4.98 Å². The Morgan fingerprint density at radius 3 is 2.54 bits per heavy atom. The highest BCUT2D eigenvalue weighted by molar-refractivity contribution is 5.83. The molecule has 0 bridgehead atoms. The number of aryl methyl sites for hydroxylation is 1. The van der Waals surface area contributed by atoms with E-state index in [2.05, 4.69) is 38.3 Å². The van der Waals surface area contributed by atoms with Gasteiger partial charge < -0.3 is 14.1 Å². The summed E-state index contributed by atoms with van der Waals surface area (Å²) in [5.74, 6) is 1.97. The van der Waals surface area contributed by atoms with E-state index in [0.717, 1.165) is 59.8 Å². The van der Waals surface area contributed by atoms with Gasteiger partial charge in [-0.05, 0) is 35.4 Å². The molecule has 2 aromatic carbocycles. The summed E-state index contributed by atoms with van der Waals surface area (Å²) in [4.78, 5) is 11.6. The van der Waals surface area contributed by atoms with Crippen LogP contribution in [0.2, 0.25) is 0 Å². The molecule has 4 aromatic rings. The summed E-state index contributed by atoms with van der Waals surface area (Å²) in [6, 6.07) is 14.2. The fourth-order valence-corrected chi connectivity index (χ4v) is 3.37. The summed E-state index contributed by atoms with van der Waals surface area (Å²) < 4.78 is 11.0. The SMILES string of the molecule is Cc1nnc(-c2cccc(-c3ccc4ncc(N5CCOCC5)nc4c3)c2)o1. The average molecular weight is 373 g/mol. The molecule has 3 heterocycles. The Bertz CT molecular complexity index is 1130. The normalized spacial score (nSPS) is 14.5. The summed E-state index contributed by atoms with van der Waals surface area (Å²) in [5.41, 5.74) is 4.78. The largest absolute Gasteiger partial charge is 0.421 e. The Morgan fingerprint density at radius 1 is 0.893 bits per heavy atom. The van der Waals surface area contributed by atoms with E-state index in [9.17, 15) is 0 Å². The van der Waals surface area contributed by atoms with Crippen LogP contribution in [0.15, 0.2) is 53.1 Å². The van der Waals surface area contributed by atoms with Crippen LogP contribution in [0.5, 0.6) is 0 Å². The molecule has 0 spiro atoms. The monoisotopic (exact) mass is 373 g/mol. The average Bonchev–Trinajstić information content (AvgIpc) is 3.20. The van der Waals surface area contributed by atoms with Gasteiger partial charge in [0.25, 0.3) is 0 Å². The van der Waals surface area contributed by atoms with Gasteiger partial charge in [-0.15, -0.1) is 10.2 Å². The van der Waals surface area contributed by atoms with Crippen molar-refractivity contribution >= 4 is 16.9 Å². The number of rotatable bonds is 3. The zero-order valence-electron chi connectivity index (χ0n) is 15.5. The zero-order chi connectivity index (χ0) is 18.9. The summed E-state index contributed by atoms with van der Waals surface area (Å²) in [6.45, 7) is 4.91. The molecule has 0 amide bonds. The molecular formula is C21H19N5O2. The first-order valence-corrected chi connectivity index (χ1v) is 9.27. The summed E-state index contributed by atoms with van der Waals surface area (Å²) in [5, 5.41) is 8.02. The first kappa shape index (κ1) is 16.8. The predicted molar refractivity (Wildman–Crippen MR) is 106 cm³/mol. The van der Waals surface area contributed by atoms with E-state index in [0.29, 0.717) is 11.8 Å². The Hall–Kier alpha value is -3.32. The van der Waals surface area contributed by atoms with E-state index in [1.807, 2.05) is 30.5 Å². The number of hydrogen-bond acceptors (Lipinski definition) is 7. The third kappa shape index (κ3) is 3.20. The van der Waals surface area contributed by atoms with Gasteiger partial charge >= 0.3 is 0 Å². The minimum Gasteiger partial charge on any atom is -0.421 e. The van der Waals surface area contributed by atoms with Gasteiger partial charge in [0.05, 0.1) is 30.4 Å². The van der Waals surface area contributed by atoms with E-state index in [1.165, 1.54) is 0 Å². The van der Waals surface area contributed by atoms with Gasteiger partial charge in [-0.25, -0.2) is 4.98 Å². The molecule has 1 fully saturated rings. The van der Waals surface area contributed by atoms with Crippen molar-refractivity contribution in [2.75, 3.05) is 31.2 Å². The summed E-state index contributed by atoms with van der Waals surface area (Å²) in [7, 11) is 0. The lowest BCUT2D eigenvalue weighted by molar-refractivity contribution is 0.122. The van der Waals surface area contributed by atoms with Crippen LogP contribution in [0.25, 0.3) is 33.6 Å². The van der Waals surface area contributed by atoms with Crippen LogP contribution in [-0.4, -0.2) is 46.5 Å². The van der Waals surface area contributed by atoms with Crippen molar-refractivity contribution < 1.29 is 9.15 Å². The number of benzene rings is 2. The fraction of sp³-hybridized carbons (Fsp3) is 0.238. The quantitative estimate of drug-likeness (QED) is 0.544. The summed E-state index contributed by atoms with van der Waals surface area (Å²) in [6.07, 6.45) is 1.84. The topological polar surface area (TPSA) is 77.2 Å². The molecule has 0 unspecified atom stereocenters. The highest BCUT2D eigenvalue weighted by Crippen LogP contribution is 2.28. The smallest absolute Gasteiger partial charge is 0.247 e. The maximum Gasteiger partial charge on any atom is 0.247 e. The highest BCUT2D eigenvalue weighted by Gasteiger charge is 2.14. The first-order chi connectivity index (χ1) is 13.8. The molecule has 28 heavy (non-hydrogen) atoms. The van der Waals surface area contributed by atoms with E-state index in [4.69, 9.17) is 14.1 Å². The van der Waals surface area contributed by atoms with Gasteiger partial charge in [0.1, 0.15) is 5.82 Å². The van der Waals surface area contributed by atoms with Gasteiger partial charge in [0.15, 0.2) is 0 Å². The second kappa shape index (κ2) is 7.01. The summed E-state index contributed by atoms with van der Waals surface area (Å²) >= 11 is 0. The van der Waals surface area contributed by atoms with Crippen LogP contribution in [0.4, 0.5) is 5.82 Å². The highest BCUT2D eigenvalue weighted by atomic mass is 16.5.